The Labute approximate surface area is 156 Å². The normalized spacial score (nSPS) is 30.5. The van der Waals surface area contributed by atoms with Gasteiger partial charge in [-0.15, -0.1) is 0 Å². The highest BCUT2D eigenvalue weighted by atomic mass is 16.4. The van der Waals surface area contributed by atoms with Crippen LogP contribution in [0.1, 0.15) is 70.6 Å². The summed E-state index contributed by atoms with van der Waals surface area (Å²) in [6.07, 6.45) is 18.1. The summed E-state index contributed by atoms with van der Waals surface area (Å²) >= 11 is 0. The number of hydrogen-bond acceptors (Lipinski definition) is 2. The van der Waals surface area contributed by atoms with E-state index in [4.69, 9.17) is 0 Å². The Bertz CT molecular complexity index is 527. The number of rotatable bonds is 6. The summed E-state index contributed by atoms with van der Waals surface area (Å²) in [6, 6.07) is 0. The summed E-state index contributed by atoms with van der Waals surface area (Å²) in [5, 5.41) is 20.5. The molecule has 0 heterocycles. The molecule has 4 atom stereocenters. The van der Waals surface area contributed by atoms with Crippen LogP contribution in [-0.2, 0) is 9.59 Å². The summed E-state index contributed by atoms with van der Waals surface area (Å²) in [5.74, 6) is -2.50. The van der Waals surface area contributed by atoms with Gasteiger partial charge in [-0.25, -0.2) is 0 Å². The van der Waals surface area contributed by atoms with Crippen LogP contribution in [0.5, 0.6) is 0 Å². The van der Waals surface area contributed by atoms with E-state index in [1.165, 1.54) is 0 Å². The van der Waals surface area contributed by atoms with E-state index in [9.17, 15) is 19.8 Å². The van der Waals surface area contributed by atoms with Crippen molar-refractivity contribution in [3.8, 4) is 0 Å². The fourth-order valence-electron chi connectivity index (χ4n) is 6.10. The van der Waals surface area contributed by atoms with Gasteiger partial charge in [0.15, 0.2) is 0 Å². The molecule has 3 rings (SSSR count). The second-order valence-electron chi connectivity index (χ2n) is 8.51. The van der Waals surface area contributed by atoms with Crippen LogP contribution >= 0.6 is 0 Å². The fraction of sp³-hybridized carbons (Fsp3) is 0.727. The van der Waals surface area contributed by atoms with Gasteiger partial charge < -0.3 is 10.2 Å². The molecule has 0 amide bonds. The van der Waals surface area contributed by atoms with Crippen molar-refractivity contribution in [2.75, 3.05) is 0 Å². The summed E-state index contributed by atoms with van der Waals surface area (Å²) < 4.78 is 0. The van der Waals surface area contributed by atoms with Crippen molar-refractivity contribution in [2.45, 2.75) is 70.6 Å². The van der Waals surface area contributed by atoms with E-state index in [1.54, 1.807) is 0 Å². The number of allylic oxidation sites excluding steroid dienone is 4. The molecule has 0 aliphatic heterocycles. The van der Waals surface area contributed by atoms with Crippen LogP contribution in [0.4, 0.5) is 0 Å². The first-order chi connectivity index (χ1) is 12.6. The Hall–Kier alpha value is -1.58. The minimum absolute atomic E-state index is 0.0663. The molecule has 0 bridgehead atoms. The van der Waals surface area contributed by atoms with Gasteiger partial charge in [0.25, 0.3) is 0 Å². The van der Waals surface area contributed by atoms with Crippen molar-refractivity contribution in [3.63, 3.8) is 0 Å². The number of carbonyl (C=O) groups is 2. The molecule has 144 valence electrons. The zero-order valence-corrected chi connectivity index (χ0v) is 15.6. The van der Waals surface area contributed by atoms with E-state index in [0.29, 0.717) is 0 Å². The van der Waals surface area contributed by atoms with E-state index in [0.717, 1.165) is 70.6 Å². The summed E-state index contributed by atoms with van der Waals surface area (Å²) in [5.41, 5.74) is -0.596. The quantitative estimate of drug-likeness (QED) is 0.650. The maximum absolute atomic E-state index is 12.5. The fourth-order valence-corrected chi connectivity index (χ4v) is 6.10. The van der Waals surface area contributed by atoms with Gasteiger partial charge in [0.2, 0.25) is 0 Å². The van der Waals surface area contributed by atoms with Gasteiger partial charge in [0.1, 0.15) is 0 Å². The SMILES string of the molecule is O=C(O)C(C1CC=CCC1)C1(C(C(=O)O)C2CC=CCC2)CCCCC1. The molecule has 1 fully saturated rings. The van der Waals surface area contributed by atoms with Gasteiger partial charge in [-0.2, -0.15) is 0 Å². The van der Waals surface area contributed by atoms with Crippen molar-refractivity contribution in [1.29, 1.82) is 0 Å². The predicted octanol–water partition coefficient (Wildman–Crippen LogP) is 5.05. The molecular weight excluding hydrogens is 328 g/mol. The summed E-state index contributed by atoms with van der Waals surface area (Å²) in [7, 11) is 0. The predicted molar refractivity (Wildman–Crippen MR) is 101 cm³/mol. The smallest absolute Gasteiger partial charge is 0.307 e. The van der Waals surface area contributed by atoms with Crippen molar-refractivity contribution in [2.24, 2.45) is 29.1 Å². The molecule has 0 aromatic carbocycles. The number of aliphatic carboxylic acids is 2. The van der Waals surface area contributed by atoms with Crippen LogP contribution in [0.25, 0.3) is 0 Å². The van der Waals surface area contributed by atoms with Crippen LogP contribution in [0.2, 0.25) is 0 Å². The van der Waals surface area contributed by atoms with Crippen LogP contribution in [-0.4, -0.2) is 22.2 Å². The molecule has 3 aliphatic carbocycles. The lowest BCUT2D eigenvalue weighted by Gasteiger charge is -2.51. The molecule has 1 saturated carbocycles. The number of carboxylic acid groups (broad SMARTS) is 2. The van der Waals surface area contributed by atoms with Crippen molar-refractivity contribution >= 4 is 11.9 Å². The van der Waals surface area contributed by atoms with Gasteiger partial charge in [0, 0.05) is 0 Å². The first-order valence-electron chi connectivity index (χ1n) is 10.3. The van der Waals surface area contributed by atoms with Gasteiger partial charge >= 0.3 is 11.9 Å². The lowest BCUT2D eigenvalue weighted by Crippen LogP contribution is -2.52. The van der Waals surface area contributed by atoms with E-state index >= 15 is 0 Å². The maximum Gasteiger partial charge on any atom is 0.307 e. The minimum Gasteiger partial charge on any atom is -0.481 e. The molecule has 4 heteroatoms. The van der Waals surface area contributed by atoms with Crippen molar-refractivity contribution in [1.82, 2.24) is 0 Å². The molecule has 0 spiro atoms. The van der Waals surface area contributed by atoms with Crippen LogP contribution in [0.3, 0.4) is 0 Å². The van der Waals surface area contributed by atoms with Gasteiger partial charge in [-0.3, -0.25) is 9.59 Å². The highest BCUT2D eigenvalue weighted by Gasteiger charge is 2.56. The topological polar surface area (TPSA) is 74.6 Å². The molecule has 0 aromatic rings. The number of hydrogen-bond donors (Lipinski definition) is 2. The summed E-state index contributed by atoms with van der Waals surface area (Å²) in [6.45, 7) is 0. The lowest BCUT2D eigenvalue weighted by molar-refractivity contribution is -0.167. The molecule has 2 N–H and O–H groups in total. The second kappa shape index (κ2) is 8.41. The molecule has 3 aliphatic rings. The number of carboxylic acids is 2. The average Bonchev–Trinajstić information content (AvgIpc) is 2.64. The van der Waals surface area contributed by atoms with E-state index in [1.807, 2.05) is 0 Å². The molecule has 26 heavy (non-hydrogen) atoms. The highest BCUT2D eigenvalue weighted by Crippen LogP contribution is 2.56. The molecular formula is C22H32O4. The van der Waals surface area contributed by atoms with Gasteiger partial charge in [-0.05, 0) is 68.6 Å². The van der Waals surface area contributed by atoms with E-state index < -0.39 is 29.2 Å². The Kier molecular flexibility index (Phi) is 6.20. The van der Waals surface area contributed by atoms with E-state index in [-0.39, 0.29) is 11.8 Å². The van der Waals surface area contributed by atoms with Gasteiger partial charge in [-0.1, -0.05) is 43.6 Å². The third-order valence-corrected chi connectivity index (χ3v) is 7.12. The molecule has 4 unspecified atom stereocenters. The Morgan fingerprint density at radius 3 is 1.58 bits per heavy atom. The third-order valence-electron chi connectivity index (χ3n) is 7.12. The largest absolute Gasteiger partial charge is 0.481 e. The third kappa shape index (κ3) is 3.74. The van der Waals surface area contributed by atoms with E-state index in [2.05, 4.69) is 24.3 Å². The second-order valence-corrected chi connectivity index (χ2v) is 8.51. The molecule has 0 aromatic heterocycles. The molecule has 0 saturated heterocycles. The Balaban J connectivity index is 2.02. The molecule has 4 nitrogen and oxygen atoms in total. The van der Waals surface area contributed by atoms with Crippen LogP contribution < -0.4 is 0 Å². The standard InChI is InChI=1S/C22H32O4/c23-20(24)18(16-10-4-1-5-11-16)22(14-8-3-9-15-22)19(21(25)26)17-12-6-2-7-13-17/h1-2,4,6,16-19H,3,5,7-15H2,(H,23,24)(H,25,26). The monoisotopic (exact) mass is 360 g/mol. The zero-order chi connectivity index (χ0) is 18.6. The summed E-state index contributed by atoms with van der Waals surface area (Å²) in [4.78, 5) is 25.0. The lowest BCUT2D eigenvalue weighted by atomic mass is 9.52. The maximum atomic E-state index is 12.5. The minimum atomic E-state index is -0.773. The first kappa shape index (κ1) is 19.2. The highest BCUT2D eigenvalue weighted by molar-refractivity contribution is 5.76. The van der Waals surface area contributed by atoms with Crippen LogP contribution in [0, 0.1) is 29.1 Å². The Morgan fingerprint density at radius 1 is 0.769 bits per heavy atom. The van der Waals surface area contributed by atoms with Crippen molar-refractivity contribution < 1.29 is 19.8 Å². The Morgan fingerprint density at radius 2 is 1.23 bits per heavy atom. The van der Waals surface area contributed by atoms with Crippen molar-refractivity contribution in [3.05, 3.63) is 24.3 Å². The zero-order valence-electron chi connectivity index (χ0n) is 15.6. The van der Waals surface area contributed by atoms with Gasteiger partial charge in [0.05, 0.1) is 11.8 Å². The molecule has 0 radical (unpaired) electrons. The average molecular weight is 360 g/mol. The van der Waals surface area contributed by atoms with Crippen LogP contribution in [0.15, 0.2) is 24.3 Å². The first-order valence-corrected chi connectivity index (χ1v) is 10.3.